The first-order valence-electron chi connectivity index (χ1n) is 6.07. The van der Waals surface area contributed by atoms with Crippen LogP contribution in [0, 0.1) is 0 Å². The summed E-state index contributed by atoms with van der Waals surface area (Å²) < 4.78 is 1.56. The maximum atomic E-state index is 10.8. The Kier molecular flexibility index (Phi) is 2.94. The highest BCUT2D eigenvalue weighted by Gasteiger charge is 2.15. The number of aromatic nitrogens is 3. The van der Waals surface area contributed by atoms with Gasteiger partial charge in [0.25, 0.3) is 0 Å². The van der Waals surface area contributed by atoms with Crippen LogP contribution in [0.5, 0.6) is 0 Å². The van der Waals surface area contributed by atoms with Gasteiger partial charge < -0.3 is 5.11 Å². The van der Waals surface area contributed by atoms with Crippen LogP contribution in [0.4, 0.5) is 0 Å². The second-order valence-corrected chi connectivity index (χ2v) is 5.61. The van der Waals surface area contributed by atoms with Crippen LogP contribution in [0.3, 0.4) is 0 Å². The average Bonchev–Trinajstić information content (AvgIpc) is 3.00. The van der Waals surface area contributed by atoms with Gasteiger partial charge >= 0.3 is 5.97 Å². The molecule has 0 unspecified atom stereocenters. The summed E-state index contributed by atoms with van der Waals surface area (Å²) in [4.78, 5) is 16.8. The molecule has 2 aromatic rings. The van der Waals surface area contributed by atoms with Crippen molar-refractivity contribution in [1.29, 1.82) is 0 Å². The lowest BCUT2D eigenvalue weighted by molar-refractivity contribution is 0.0689. The zero-order valence-electron chi connectivity index (χ0n) is 10.5. The zero-order valence-corrected chi connectivity index (χ0v) is 11.3. The van der Waals surface area contributed by atoms with E-state index < -0.39 is 5.97 Å². The molecule has 1 aliphatic rings. The Morgan fingerprint density at radius 2 is 2.32 bits per heavy atom. The highest BCUT2D eigenvalue weighted by Crippen LogP contribution is 2.28. The second-order valence-electron chi connectivity index (χ2n) is 4.49. The van der Waals surface area contributed by atoms with Gasteiger partial charge in [0.05, 0.1) is 11.4 Å². The molecule has 0 fully saturated rings. The van der Waals surface area contributed by atoms with E-state index in [1.807, 2.05) is 12.2 Å². The fraction of sp³-hybridized carbons (Fsp3) is 0.308. The lowest BCUT2D eigenvalue weighted by Gasteiger charge is -1.92. The molecule has 1 N–H and O–H groups in total. The molecule has 19 heavy (non-hydrogen) atoms. The minimum Gasteiger partial charge on any atom is -0.476 e. The predicted octanol–water partition coefficient (Wildman–Crippen LogP) is 2.23. The summed E-state index contributed by atoms with van der Waals surface area (Å²) in [7, 11) is 1.73. The van der Waals surface area contributed by atoms with Crippen molar-refractivity contribution in [3.05, 3.63) is 33.0 Å². The van der Waals surface area contributed by atoms with Gasteiger partial charge in [-0.25, -0.2) is 9.78 Å². The molecule has 5 nitrogen and oxygen atoms in total. The van der Waals surface area contributed by atoms with E-state index in [2.05, 4.69) is 10.1 Å². The molecule has 0 atom stereocenters. The van der Waals surface area contributed by atoms with E-state index in [0.717, 1.165) is 23.5 Å². The molecule has 1 aliphatic carbocycles. The van der Waals surface area contributed by atoms with E-state index in [4.69, 9.17) is 5.11 Å². The normalized spacial score (nSPS) is 14.2. The molecule has 2 aromatic heterocycles. The smallest absolute Gasteiger partial charge is 0.356 e. The molecular formula is C13H13N3O2S. The maximum absolute atomic E-state index is 10.8. The highest BCUT2D eigenvalue weighted by atomic mass is 32.1. The molecular weight excluding hydrogens is 262 g/mol. The number of rotatable bonds is 3. The van der Waals surface area contributed by atoms with Gasteiger partial charge in [0.15, 0.2) is 5.69 Å². The Morgan fingerprint density at radius 1 is 1.47 bits per heavy atom. The second kappa shape index (κ2) is 4.62. The summed E-state index contributed by atoms with van der Waals surface area (Å²) in [5, 5.41) is 13.8. The monoisotopic (exact) mass is 275 g/mol. The largest absolute Gasteiger partial charge is 0.476 e. The summed E-state index contributed by atoms with van der Waals surface area (Å²) in [6.45, 7) is 0. The molecule has 6 heteroatoms. The minimum atomic E-state index is -1.01. The van der Waals surface area contributed by atoms with Crippen LogP contribution >= 0.6 is 11.3 Å². The van der Waals surface area contributed by atoms with Crippen molar-refractivity contribution in [3.63, 3.8) is 0 Å². The van der Waals surface area contributed by atoms with Crippen molar-refractivity contribution >= 4 is 29.5 Å². The molecule has 0 aliphatic heterocycles. The average molecular weight is 275 g/mol. The van der Waals surface area contributed by atoms with Crippen LogP contribution in [0.2, 0.25) is 0 Å². The number of carboxylic acid groups (broad SMARTS) is 1. The molecule has 0 radical (unpaired) electrons. The molecule has 0 bridgehead atoms. The van der Waals surface area contributed by atoms with Gasteiger partial charge in [-0.3, -0.25) is 4.68 Å². The number of thiazole rings is 1. The Morgan fingerprint density at radius 3 is 3.00 bits per heavy atom. The summed E-state index contributed by atoms with van der Waals surface area (Å²) >= 11 is 1.72. The van der Waals surface area contributed by atoms with E-state index in [0.29, 0.717) is 0 Å². The molecule has 0 saturated heterocycles. The van der Waals surface area contributed by atoms with Crippen LogP contribution in [0.1, 0.15) is 38.2 Å². The number of fused-ring (bicyclic) bond motifs is 1. The van der Waals surface area contributed by atoms with Crippen molar-refractivity contribution in [2.24, 2.45) is 7.05 Å². The third-order valence-electron chi connectivity index (χ3n) is 3.14. The summed E-state index contributed by atoms with van der Waals surface area (Å²) in [5.41, 5.74) is 2.04. The third-order valence-corrected chi connectivity index (χ3v) is 4.27. The first-order chi connectivity index (χ1) is 9.13. The van der Waals surface area contributed by atoms with Gasteiger partial charge in [-0.2, -0.15) is 5.10 Å². The van der Waals surface area contributed by atoms with E-state index in [9.17, 15) is 4.79 Å². The summed E-state index contributed by atoms with van der Waals surface area (Å²) in [5.74, 6) is -1.01. The van der Waals surface area contributed by atoms with Crippen LogP contribution in [-0.4, -0.2) is 25.8 Å². The van der Waals surface area contributed by atoms with Gasteiger partial charge in [-0.05, 0) is 37.5 Å². The lowest BCUT2D eigenvalue weighted by Crippen LogP contribution is -1.99. The van der Waals surface area contributed by atoms with Gasteiger partial charge in [0.1, 0.15) is 5.01 Å². The molecule has 2 heterocycles. The molecule has 3 rings (SSSR count). The van der Waals surface area contributed by atoms with Crippen molar-refractivity contribution in [2.75, 3.05) is 0 Å². The predicted molar refractivity (Wildman–Crippen MR) is 73.2 cm³/mol. The third kappa shape index (κ3) is 2.31. The van der Waals surface area contributed by atoms with Crippen molar-refractivity contribution in [3.8, 4) is 0 Å². The van der Waals surface area contributed by atoms with Crippen LogP contribution in [0.25, 0.3) is 12.2 Å². The molecule has 0 amide bonds. The van der Waals surface area contributed by atoms with Crippen LogP contribution in [-0.2, 0) is 19.9 Å². The molecule has 0 aromatic carbocycles. The quantitative estimate of drug-likeness (QED) is 0.932. The molecule has 0 saturated carbocycles. The Bertz CT molecular complexity index is 648. The number of carbonyl (C=O) groups is 1. The number of carboxylic acids is 1. The van der Waals surface area contributed by atoms with Gasteiger partial charge in [0.2, 0.25) is 0 Å². The van der Waals surface area contributed by atoms with E-state index >= 15 is 0 Å². The van der Waals surface area contributed by atoms with Gasteiger partial charge in [-0.1, -0.05) is 0 Å². The Balaban J connectivity index is 1.83. The number of aryl methyl sites for hydroxylation is 3. The lowest BCUT2D eigenvalue weighted by atomic mass is 10.3. The van der Waals surface area contributed by atoms with Crippen LogP contribution < -0.4 is 0 Å². The number of hydrogen-bond donors (Lipinski definition) is 1. The Hall–Kier alpha value is -1.95. The number of hydrogen-bond acceptors (Lipinski definition) is 4. The SMILES string of the molecule is Cn1nc(C(=O)O)cc1C=Cc1nc2c(s1)CCC2. The summed E-state index contributed by atoms with van der Waals surface area (Å²) in [6.07, 6.45) is 7.20. The molecule has 0 spiro atoms. The Labute approximate surface area is 114 Å². The maximum Gasteiger partial charge on any atom is 0.356 e. The first-order valence-corrected chi connectivity index (χ1v) is 6.89. The summed E-state index contributed by atoms with van der Waals surface area (Å²) in [6, 6.07) is 1.56. The minimum absolute atomic E-state index is 0.0591. The zero-order chi connectivity index (χ0) is 13.4. The standard InChI is InChI=1S/C13H13N3O2S/c1-16-8(7-10(15-16)13(17)18)5-6-12-14-9-3-2-4-11(9)19-12/h5-7H,2-4H2,1H3,(H,17,18). The fourth-order valence-corrected chi connectivity index (χ4v) is 3.24. The van der Waals surface area contributed by atoms with Crippen molar-refractivity contribution in [1.82, 2.24) is 14.8 Å². The first kappa shape index (κ1) is 12.1. The topological polar surface area (TPSA) is 68.0 Å². The van der Waals surface area contributed by atoms with E-state index in [1.54, 1.807) is 29.1 Å². The van der Waals surface area contributed by atoms with E-state index in [1.165, 1.54) is 17.0 Å². The fourth-order valence-electron chi connectivity index (χ4n) is 2.18. The highest BCUT2D eigenvalue weighted by molar-refractivity contribution is 7.12. The van der Waals surface area contributed by atoms with Crippen molar-refractivity contribution in [2.45, 2.75) is 19.3 Å². The van der Waals surface area contributed by atoms with Crippen molar-refractivity contribution < 1.29 is 9.90 Å². The number of nitrogens with zero attached hydrogens (tertiary/aromatic N) is 3. The van der Waals surface area contributed by atoms with E-state index in [-0.39, 0.29) is 5.69 Å². The van der Waals surface area contributed by atoms with Crippen LogP contribution in [0.15, 0.2) is 6.07 Å². The number of aromatic carboxylic acids is 1. The van der Waals surface area contributed by atoms with Gasteiger partial charge in [0, 0.05) is 11.9 Å². The molecule has 98 valence electrons. The van der Waals surface area contributed by atoms with Gasteiger partial charge in [-0.15, -0.1) is 11.3 Å².